The van der Waals surface area contributed by atoms with Crippen LogP contribution in [0, 0.1) is 0 Å². The molecule has 0 bridgehead atoms. The van der Waals surface area contributed by atoms with Gasteiger partial charge in [0.1, 0.15) is 11.5 Å². The highest BCUT2D eigenvalue weighted by Crippen LogP contribution is 2.38. The van der Waals surface area contributed by atoms with Crippen molar-refractivity contribution in [1.29, 1.82) is 0 Å². The van der Waals surface area contributed by atoms with E-state index in [0.29, 0.717) is 35.7 Å². The summed E-state index contributed by atoms with van der Waals surface area (Å²) in [6.45, 7) is 0.479. The monoisotopic (exact) mass is 443 g/mol. The largest absolute Gasteiger partial charge is 0.488 e. The van der Waals surface area contributed by atoms with E-state index in [2.05, 4.69) is 32.2 Å². The van der Waals surface area contributed by atoms with Crippen LogP contribution in [0.25, 0.3) is 11.3 Å². The van der Waals surface area contributed by atoms with Crippen LogP contribution in [0.1, 0.15) is 30.0 Å². The maximum Gasteiger partial charge on any atom is 0.256 e. The number of hydrogen-bond donors (Lipinski definition) is 0. The SMILES string of the molecule is COc1ncc(Oc2ccnc(-c3cnn(C)c3)c2)cc1OCCc1ccc(C2CC2)nc1. The van der Waals surface area contributed by atoms with Gasteiger partial charge in [-0.3, -0.25) is 14.6 Å². The van der Waals surface area contributed by atoms with Gasteiger partial charge in [-0.1, -0.05) is 6.07 Å². The molecule has 0 aliphatic heterocycles. The van der Waals surface area contributed by atoms with Crippen LogP contribution in [0.4, 0.5) is 0 Å². The molecule has 0 amide bonds. The lowest BCUT2D eigenvalue weighted by molar-refractivity contribution is 0.289. The minimum absolute atomic E-state index is 0.412. The molecule has 4 aromatic rings. The standard InChI is InChI=1S/C25H25N5O3/c1-30-16-19(14-29-30)23-11-20(7-9-26-23)33-21-12-24(25(31-2)28-15-21)32-10-8-17-3-6-22(27-13-17)18-4-5-18/h3,6-7,9,11-16,18H,4-5,8,10H2,1-2H3. The first-order chi connectivity index (χ1) is 16.2. The third-order valence-electron chi connectivity index (χ3n) is 5.45. The summed E-state index contributed by atoms with van der Waals surface area (Å²) in [7, 11) is 3.44. The molecule has 0 atom stereocenters. The lowest BCUT2D eigenvalue weighted by Gasteiger charge is -2.12. The predicted molar refractivity (Wildman–Crippen MR) is 123 cm³/mol. The molecular formula is C25H25N5O3. The first-order valence-electron chi connectivity index (χ1n) is 10.9. The van der Waals surface area contributed by atoms with Gasteiger partial charge in [-0.05, 0) is 30.5 Å². The lowest BCUT2D eigenvalue weighted by Crippen LogP contribution is -2.04. The van der Waals surface area contributed by atoms with Crippen molar-refractivity contribution in [2.24, 2.45) is 7.05 Å². The van der Waals surface area contributed by atoms with Crippen molar-refractivity contribution >= 4 is 0 Å². The number of aromatic nitrogens is 5. The summed E-state index contributed by atoms with van der Waals surface area (Å²) in [5.74, 6) is 2.79. The molecule has 0 spiro atoms. The van der Waals surface area contributed by atoms with Crippen LogP contribution in [0.5, 0.6) is 23.1 Å². The van der Waals surface area contributed by atoms with Crippen molar-refractivity contribution in [3.8, 4) is 34.4 Å². The van der Waals surface area contributed by atoms with Gasteiger partial charge >= 0.3 is 0 Å². The molecule has 4 aromatic heterocycles. The zero-order valence-corrected chi connectivity index (χ0v) is 18.6. The maximum atomic E-state index is 6.02. The second-order valence-electron chi connectivity index (χ2n) is 8.02. The molecule has 4 heterocycles. The molecule has 1 aliphatic carbocycles. The summed E-state index contributed by atoms with van der Waals surface area (Å²) >= 11 is 0. The molecule has 1 fully saturated rings. The quantitative estimate of drug-likeness (QED) is 0.375. The van der Waals surface area contributed by atoms with Crippen molar-refractivity contribution in [3.63, 3.8) is 0 Å². The number of rotatable bonds is 9. The molecular weight excluding hydrogens is 418 g/mol. The Morgan fingerprint density at radius 3 is 2.64 bits per heavy atom. The Hall–Kier alpha value is -3.94. The zero-order valence-electron chi connectivity index (χ0n) is 18.6. The summed E-state index contributed by atoms with van der Waals surface area (Å²) in [6, 6.07) is 9.69. The molecule has 168 valence electrons. The summed E-state index contributed by atoms with van der Waals surface area (Å²) < 4.78 is 19.1. The van der Waals surface area contributed by atoms with Gasteiger partial charge in [0.05, 0.1) is 31.8 Å². The number of aryl methyl sites for hydroxylation is 1. The minimum atomic E-state index is 0.412. The van der Waals surface area contributed by atoms with Crippen LogP contribution < -0.4 is 14.2 Å². The summed E-state index contributed by atoms with van der Waals surface area (Å²) in [4.78, 5) is 13.3. The molecule has 5 rings (SSSR count). The van der Waals surface area contributed by atoms with Crippen LogP contribution in [-0.4, -0.2) is 38.4 Å². The number of ether oxygens (including phenoxy) is 3. The van der Waals surface area contributed by atoms with E-state index in [0.717, 1.165) is 23.2 Å². The van der Waals surface area contributed by atoms with E-state index >= 15 is 0 Å². The molecule has 33 heavy (non-hydrogen) atoms. The Bertz CT molecular complexity index is 1240. The van der Waals surface area contributed by atoms with E-state index < -0.39 is 0 Å². The number of nitrogens with zero attached hydrogens (tertiary/aromatic N) is 5. The highest BCUT2D eigenvalue weighted by Gasteiger charge is 2.24. The summed E-state index contributed by atoms with van der Waals surface area (Å²) in [5.41, 5.74) is 4.02. The number of methoxy groups -OCH3 is 1. The minimum Gasteiger partial charge on any atom is -0.488 e. The van der Waals surface area contributed by atoms with Gasteiger partial charge in [-0.15, -0.1) is 0 Å². The summed E-state index contributed by atoms with van der Waals surface area (Å²) in [6.07, 6.45) is 12.2. The summed E-state index contributed by atoms with van der Waals surface area (Å²) in [5, 5.41) is 4.19. The van der Waals surface area contributed by atoms with E-state index in [1.807, 2.05) is 25.5 Å². The highest BCUT2D eigenvalue weighted by molar-refractivity contribution is 5.59. The van der Waals surface area contributed by atoms with E-state index in [-0.39, 0.29) is 0 Å². The van der Waals surface area contributed by atoms with Crippen LogP contribution in [0.15, 0.2) is 61.3 Å². The number of hydrogen-bond acceptors (Lipinski definition) is 7. The zero-order chi connectivity index (χ0) is 22.6. The lowest BCUT2D eigenvalue weighted by atomic mass is 10.2. The van der Waals surface area contributed by atoms with E-state index in [1.165, 1.54) is 18.5 Å². The third-order valence-corrected chi connectivity index (χ3v) is 5.45. The predicted octanol–water partition coefficient (Wildman–Crippen LogP) is 4.57. The second kappa shape index (κ2) is 9.28. The first kappa shape index (κ1) is 20.9. The Labute approximate surface area is 192 Å². The number of pyridine rings is 3. The van der Waals surface area contributed by atoms with Crippen molar-refractivity contribution in [2.75, 3.05) is 13.7 Å². The first-order valence-corrected chi connectivity index (χ1v) is 10.9. The van der Waals surface area contributed by atoms with Crippen molar-refractivity contribution < 1.29 is 14.2 Å². The Morgan fingerprint density at radius 2 is 1.91 bits per heavy atom. The molecule has 8 heteroatoms. The van der Waals surface area contributed by atoms with Gasteiger partial charge in [0.2, 0.25) is 0 Å². The maximum absolute atomic E-state index is 6.02. The van der Waals surface area contributed by atoms with Gasteiger partial charge in [0.15, 0.2) is 5.75 Å². The van der Waals surface area contributed by atoms with Gasteiger partial charge in [0, 0.05) is 61.4 Å². The van der Waals surface area contributed by atoms with Gasteiger partial charge in [-0.2, -0.15) is 5.10 Å². The van der Waals surface area contributed by atoms with Crippen LogP contribution in [-0.2, 0) is 13.5 Å². The van der Waals surface area contributed by atoms with E-state index in [9.17, 15) is 0 Å². The van der Waals surface area contributed by atoms with Crippen molar-refractivity contribution in [2.45, 2.75) is 25.2 Å². The van der Waals surface area contributed by atoms with Crippen LogP contribution in [0.3, 0.4) is 0 Å². The average molecular weight is 444 g/mol. The van der Waals surface area contributed by atoms with Crippen LogP contribution in [0.2, 0.25) is 0 Å². The molecule has 0 unspecified atom stereocenters. The topological polar surface area (TPSA) is 84.2 Å². The van der Waals surface area contributed by atoms with Crippen molar-refractivity contribution in [3.05, 3.63) is 72.6 Å². The normalized spacial score (nSPS) is 13.0. The fourth-order valence-electron chi connectivity index (χ4n) is 3.53. The second-order valence-corrected chi connectivity index (χ2v) is 8.02. The smallest absolute Gasteiger partial charge is 0.256 e. The Morgan fingerprint density at radius 1 is 1.00 bits per heavy atom. The van der Waals surface area contributed by atoms with Crippen LogP contribution >= 0.6 is 0 Å². The van der Waals surface area contributed by atoms with Gasteiger partial charge in [0.25, 0.3) is 5.88 Å². The van der Waals surface area contributed by atoms with E-state index in [1.54, 1.807) is 42.5 Å². The molecule has 1 aliphatic rings. The molecule has 0 aromatic carbocycles. The molecule has 0 radical (unpaired) electrons. The van der Waals surface area contributed by atoms with E-state index in [4.69, 9.17) is 14.2 Å². The Balaban J connectivity index is 1.25. The average Bonchev–Trinajstić information content (AvgIpc) is 3.60. The molecule has 1 saturated carbocycles. The van der Waals surface area contributed by atoms with Gasteiger partial charge in [-0.25, -0.2) is 4.98 Å². The molecule has 0 N–H and O–H groups in total. The molecule has 8 nitrogen and oxygen atoms in total. The fourth-order valence-corrected chi connectivity index (χ4v) is 3.53. The van der Waals surface area contributed by atoms with Crippen molar-refractivity contribution in [1.82, 2.24) is 24.7 Å². The molecule has 0 saturated heterocycles. The third kappa shape index (κ3) is 5.11. The fraction of sp³-hybridized carbons (Fsp3) is 0.280. The highest BCUT2D eigenvalue weighted by atomic mass is 16.5. The van der Waals surface area contributed by atoms with Gasteiger partial charge < -0.3 is 14.2 Å². The Kier molecular flexibility index (Phi) is 5.89.